The van der Waals surface area contributed by atoms with Gasteiger partial charge in [0.1, 0.15) is 5.75 Å². The summed E-state index contributed by atoms with van der Waals surface area (Å²) in [5.74, 6) is 0.761. The van der Waals surface area contributed by atoms with Gasteiger partial charge < -0.3 is 10.1 Å². The molecule has 1 aliphatic rings. The van der Waals surface area contributed by atoms with Gasteiger partial charge in [0.15, 0.2) is 5.13 Å². The lowest BCUT2D eigenvalue weighted by atomic mass is 9.95. The number of aromatic nitrogens is 1. The van der Waals surface area contributed by atoms with Gasteiger partial charge >= 0.3 is 0 Å². The van der Waals surface area contributed by atoms with Crippen LogP contribution in [0.15, 0.2) is 54.7 Å². The topological polar surface area (TPSA) is 51.2 Å². The van der Waals surface area contributed by atoms with Crippen molar-refractivity contribution >= 4 is 34.0 Å². The van der Waals surface area contributed by atoms with E-state index in [2.05, 4.69) is 10.3 Å². The maximum absolute atomic E-state index is 12.9. The molecule has 0 aliphatic heterocycles. The van der Waals surface area contributed by atoms with E-state index in [0.717, 1.165) is 39.6 Å². The Balaban J connectivity index is 1.47. The summed E-state index contributed by atoms with van der Waals surface area (Å²) in [6.45, 7) is 0. The van der Waals surface area contributed by atoms with Crippen LogP contribution in [0.1, 0.15) is 28.8 Å². The van der Waals surface area contributed by atoms with Crippen LogP contribution in [0.5, 0.6) is 5.75 Å². The SMILES string of the molecule is COc1cccc(C2(C(=O)Nc3ncc(Cc4ccccc4Cl)s3)CC2)c1. The minimum atomic E-state index is -0.469. The number of carbonyl (C=O) groups is 1. The van der Waals surface area contributed by atoms with E-state index in [1.807, 2.05) is 48.5 Å². The summed E-state index contributed by atoms with van der Waals surface area (Å²) in [6.07, 6.45) is 4.18. The Morgan fingerprint density at radius 2 is 2.07 bits per heavy atom. The van der Waals surface area contributed by atoms with E-state index >= 15 is 0 Å². The number of carbonyl (C=O) groups excluding carboxylic acids is 1. The minimum absolute atomic E-state index is 0.00519. The fraction of sp³-hybridized carbons (Fsp3) is 0.238. The number of thiazole rings is 1. The van der Waals surface area contributed by atoms with Crippen LogP contribution < -0.4 is 10.1 Å². The van der Waals surface area contributed by atoms with Crippen molar-refractivity contribution in [1.82, 2.24) is 4.98 Å². The molecule has 1 heterocycles. The number of nitrogens with zero attached hydrogens (tertiary/aromatic N) is 1. The van der Waals surface area contributed by atoms with Crippen LogP contribution in [0.2, 0.25) is 5.02 Å². The van der Waals surface area contributed by atoms with E-state index in [0.29, 0.717) is 11.6 Å². The lowest BCUT2D eigenvalue weighted by molar-refractivity contribution is -0.118. The third kappa shape index (κ3) is 3.70. The standard InChI is InChI=1S/C21H19ClN2O2S/c1-26-16-7-4-6-15(12-16)21(9-10-21)19(25)24-20-23-13-17(27-20)11-14-5-2-3-8-18(14)22/h2-8,12-13H,9-11H2,1H3,(H,23,24,25). The molecule has 6 heteroatoms. The maximum Gasteiger partial charge on any atom is 0.236 e. The van der Waals surface area contributed by atoms with Gasteiger partial charge in [-0.2, -0.15) is 0 Å². The Morgan fingerprint density at radius 3 is 2.81 bits per heavy atom. The summed E-state index contributed by atoms with van der Waals surface area (Å²) >= 11 is 7.72. The summed E-state index contributed by atoms with van der Waals surface area (Å²) in [6, 6.07) is 15.5. The van der Waals surface area contributed by atoms with Crippen LogP contribution in [0.4, 0.5) is 5.13 Å². The molecule has 4 rings (SSSR count). The second kappa shape index (κ2) is 7.33. The summed E-state index contributed by atoms with van der Waals surface area (Å²) in [5.41, 5.74) is 1.58. The van der Waals surface area contributed by atoms with Gasteiger partial charge in [-0.25, -0.2) is 4.98 Å². The van der Waals surface area contributed by atoms with Crippen molar-refractivity contribution in [3.63, 3.8) is 0 Å². The first-order valence-corrected chi connectivity index (χ1v) is 9.94. The van der Waals surface area contributed by atoms with E-state index < -0.39 is 5.41 Å². The van der Waals surface area contributed by atoms with Gasteiger partial charge in [-0.05, 0) is 42.2 Å². The number of methoxy groups -OCH3 is 1. The Kier molecular flexibility index (Phi) is 4.89. The molecule has 2 aromatic carbocycles. The van der Waals surface area contributed by atoms with Crippen LogP contribution in [0, 0.1) is 0 Å². The Hall–Kier alpha value is -2.37. The van der Waals surface area contributed by atoms with Crippen LogP contribution in [-0.2, 0) is 16.6 Å². The molecule has 1 fully saturated rings. The zero-order valence-corrected chi connectivity index (χ0v) is 16.4. The molecule has 3 aromatic rings. The average Bonchev–Trinajstić information content (AvgIpc) is 3.40. The van der Waals surface area contributed by atoms with E-state index in [1.54, 1.807) is 13.3 Å². The van der Waals surface area contributed by atoms with E-state index in [-0.39, 0.29) is 5.91 Å². The summed E-state index contributed by atoms with van der Waals surface area (Å²) in [7, 11) is 1.63. The molecule has 4 nitrogen and oxygen atoms in total. The second-order valence-electron chi connectivity index (χ2n) is 6.67. The molecule has 1 amide bonds. The van der Waals surface area contributed by atoms with Crippen molar-refractivity contribution < 1.29 is 9.53 Å². The van der Waals surface area contributed by atoms with Crippen LogP contribution in [0.3, 0.4) is 0 Å². The van der Waals surface area contributed by atoms with Gasteiger partial charge in [-0.1, -0.05) is 41.9 Å². The predicted octanol–water partition coefficient (Wildman–Crippen LogP) is 5.07. The molecule has 0 spiro atoms. The third-order valence-corrected chi connectivity index (χ3v) is 6.19. The van der Waals surface area contributed by atoms with Crippen LogP contribution in [-0.4, -0.2) is 18.0 Å². The van der Waals surface area contributed by atoms with E-state index in [9.17, 15) is 4.79 Å². The highest BCUT2D eigenvalue weighted by atomic mass is 35.5. The highest BCUT2D eigenvalue weighted by Crippen LogP contribution is 2.49. The number of hydrogen-bond donors (Lipinski definition) is 1. The van der Waals surface area contributed by atoms with Gasteiger partial charge in [-0.3, -0.25) is 4.79 Å². The Morgan fingerprint density at radius 1 is 1.26 bits per heavy atom. The molecule has 1 aliphatic carbocycles. The first-order valence-electron chi connectivity index (χ1n) is 8.75. The monoisotopic (exact) mass is 398 g/mol. The van der Waals surface area contributed by atoms with Gasteiger partial charge in [0.2, 0.25) is 5.91 Å². The summed E-state index contributed by atoms with van der Waals surface area (Å²) < 4.78 is 5.29. The van der Waals surface area contributed by atoms with Crippen LogP contribution >= 0.6 is 22.9 Å². The molecule has 27 heavy (non-hydrogen) atoms. The van der Waals surface area contributed by atoms with Crippen molar-refractivity contribution in [3.05, 3.63) is 75.8 Å². The zero-order valence-electron chi connectivity index (χ0n) is 14.9. The van der Waals surface area contributed by atoms with E-state index in [4.69, 9.17) is 16.3 Å². The summed E-state index contributed by atoms with van der Waals surface area (Å²) in [4.78, 5) is 18.3. The normalized spacial score (nSPS) is 14.6. The predicted molar refractivity (Wildman–Crippen MR) is 109 cm³/mol. The molecule has 0 atom stereocenters. The molecular formula is C21H19ClN2O2S. The van der Waals surface area contributed by atoms with E-state index in [1.165, 1.54) is 11.3 Å². The van der Waals surface area contributed by atoms with Gasteiger partial charge in [0.25, 0.3) is 0 Å². The molecule has 138 valence electrons. The van der Waals surface area contributed by atoms with Gasteiger partial charge in [0, 0.05) is 22.5 Å². The number of halogens is 1. The molecule has 0 saturated heterocycles. The molecule has 1 saturated carbocycles. The van der Waals surface area contributed by atoms with Crippen LogP contribution in [0.25, 0.3) is 0 Å². The quantitative estimate of drug-likeness (QED) is 0.630. The number of benzene rings is 2. The highest BCUT2D eigenvalue weighted by molar-refractivity contribution is 7.15. The van der Waals surface area contributed by atoms with Gasteiger partial charge in [-0.15, -0.1) is 11.3 Å². The number of rotatable bonds is 6. The number of nitrogens with one attached hydrogen (secondary N) is 1. The first-order chi connectivity index (χ1) is 13.1. The smallest absolute Gasteiger partial charge is 0.236 e. The first kappa shape index (κ1) is 18.0. The number of anilines is 1. The second-order valence-corrected chi connectivity index (χ2v) is 8.19. The van der Waals surface area contributed by atoms with Crippen molar-refractivity contribution in [1.29, 1.82) is 0 Å². The molecule has 0 radical (unpaired) electrons. The lowest BCUT2D eigenvalue weighted by Gasteiger charge is -2.15. The third-order valence-electron chi connectivity index (χ3n) is 4.90. The minimum Gasteiger partial charge on any atom is -0.497 e. The van der Waals surface area contributed by atoms with Crippen molar-refractivity contribution in [2.75, 3.05) is 12.4 Å². The zero-order chi connectivity index (χ0) is 18.9. The average molecular weight is 399 g/mol. The maximum atomic E-state index is 12.9. The largest absolute Gasteiger partial charge is 0.497 e. The van der Waals surface area contributed by atoms with Crippen molar-refractivity contribution in [2.45, 2.75) is 24.7 Å². The number of ether oxygens (including phenoxy) is 1. The lowest BCUT2D eigenvalue weighted by Crippen LogP contribution is -2.27. The molecular weight excluding hydrogens is 380 g/mol. The van der Waals surface area contributed by atoms with Crippen molar-refractivity contribution in [3.8, 4) is 5.75 Å². The number of hydrogen-bond acceptors (Lipinski definition) is 4. The fourth-order valence-corrected chi connectivity index (χ4v) is 4.22. The Bertz CT molecular complexity index is 982. The molecule has 1 aromatic heterocycles. The molecule has 0 bridgehead atoms. The Labute approximate surface area is 167 Å². The fourth-order valence-electron chi connectivity index (χ4n) is 3.19. The highest BCUT2D eigenvalue weighted by Gasteiger charge is 2.51. The van der Waals surface area contributed by atoms with Gasteiger partial charge in [0.05, 0.1) is 12.5 Å². The molecule has 1 N–H and O–H groups in total. The number of amides is 1. The molecule has 0 unspecified atom stereocenters. The van der Waals surface area contributed by atoms with Crippen molar-refractivity contribution in [2.24, 2.45) is 0 Å². The summed E-state index contributed by atoms with van der Waals surface area (Å²) in [5, 5.41) is 4.36.